The maximum absolute atomic E-state index is 12.8. The molecule has 0 aromatic rings. The van der Waals surface area contributed by atoms with Gasteiger partial charge in [0, 0.05) is 19.3 Å². The van der Waals surface area contributed by atoms with Crippen molar-refractivity contribution in [2.75, 3.05) is 13.2 Å². The summed E-state index contributed by atoms with van der Waals surface area (Å²) in [5, 5.41) is 0. The van der Waals surface area contributed by atoms with Gasteiger partial charge in [-0.15, -0.1) is 0 Å². The third-order valence-electron chi connectivity index (χ3n) is 13.2. The van der Waals surface area contributed by atoms with Gasteiger partial charge in [0.25, 0.3) is 0 Å². The van der Waals surface area contributed by atoms with Crippen molar-refractivity contribution in [2.24, 2.45) is 0 Å². The molecule has 0 amide bonds. The van der Waals surface area contributed by atoms with Gasteiger partial charge in [0.05, 0.1) is 0 Å². The fourth-order valence-corrected chi connectivity index (χ4v) is 8.77. The highest BCUT2D eigenvalue weighted by atomic mass is 16.6. The summed E-state index contributed by atoms with van der Waals surface area (Å²) in [6, 6.07) is 0. The van der Waals surface area contributed by atoms with E-state index in [1.165, 1.54) is 218 Å². The summed E-state index contributed by atoms with van der Waals surface area (Å²) in [5.41, 5.74) is 0. The molecule has 0 bridgehead atoms. The molecule has 1 atom stereocenters. The lowest BCUT2D eigenvalue weighted by Crippen LogP contribution is -2.30. The van der Waals surface area contributed by atoms with E-state index in [9.17, 15) is 14.4 Å². The van der Waals surface area contributed by atoms with Crippen LogP contribution in [-0.4, -0.2) is 37.2 Å². The number of allylic oxidation sites excluding steroid dienone is 4. The van der Waals surface area contributed by atoms with Crippen molar-refractivity contribution >= 4 is 17.9 Å². The topological polar surface area (TPSA) is 78.9 Å². The van der Waals surface area contributed by atoms with Crippen LogP contribution < -0.4 is 0 Å². The van der Waals surface area contributed by atoms with Gasteiger partial charge in [-0.25, -0.2) is 0 Å². The lowest BCUT2D eigenvalue weighted by molar-refractivity contribution is -0.167. The van der Waals surface area contributed by atoms with Crippen molar-refractivity contribution in [1.29, 1.82) is 0 Å². The minimum absolute atomic E-state index is 0.0688. The van der Waals surface area contributed by atoms with Crippen molar-refractivity contribution in [3.8, 4) is 0 Å². The minimum Gasteiger partial charge on any atom is -0.462 e. The number of ether oxygens (including phenoxy) is 3. The molecule has 0 aliphatic heterocycles. The van der Waals surface area contributed by atoms with Gasteiger partial charge >= 0.3 is 17.9 Å². The molecule has 0 spiro atoms. The molecule has 0 radical (unpaired) electrons. The second kappa shape index (κ2) is 55.5. The van der Waals surface area contributed by atoms with Gasteiger partial charge in [0.15, 0.2) is 6.10 Å². The zero-order chi connectivity index (χ0) is 47.9. The molecule has 0 rings (SSSR count). The highest BCUT2D eigenvalue weighted by Gasteiger charge is 2.19. The summed E-state index contributed by atoms with van der Waals surface area (Å²) >= 11 is 0. The molecular formula is C60H112O6. The van der Waals surface area contributed by atoms with Crippen LogP contribution in [0.2, 0.25) is 0 Å². The van der Waals surface area contributed by atoms with Crippen LogP contribution in [0.3, 0.4) is 0 Å². The van der Waals surface area contributed by atoms with E-state index in [2.05, 4.69) is 45.1 Å². The van der Waals surface area contributed by atoms with Gasteiger partial charge in [0.1, 0.15) is 13.2 Å². The van der Waals surface area contributed by atoms with Gasteiger partial charge in [0.2, 0.25) is 0 Å². The Balaban J connectivity index is 4.10. The Labute approximate surface area is 411 Å². The highest BCUT2D eigenvalue weighted by molar-refractivity contribution is 5.71. The molecule has 0 N–H and O–H groups in total. The number of esters is 3. The standard InChI is InChI=1S/C60H112O6/c1-4-7-10-13-16-18-20-22-24-26-28-30-32-34-36-38-40-42-44-47-50-53-59(62)65-56-57(55-64-58(61)52-49-46-15-12-9-6-3)66-60(63)54-51-48-45-43-41-39-37-35-33-31-29-27-25-23-21-19-17-14-11-8-5-2/h20,22,26,28,57H,4-19,21,23-25,27,29-56H2,1-3H3/b22-20-,28-26-. The first-order chi connectivity index (χ1) is 32.5. The summed E-state index contributed by atoms with van der Waals surface area (Å²) in [6.45, 7) is 6.62. The van der Waals surface area contributed by atoms with E-state index in [0.29, 0.717) is 19.3 Å². The summed E-state index contributed by atoms with van der Waals surface area (Å²) in [5.74, 6) is -0.863. The third-order valence-corrected chi connectivity index (χ3v) is 13.2. The van der Waals surface area contributed by atoms with Gasteiger partial charge in [-0.1, -0.05) is 276 Å². The Hall–Kier alpha value is -2.11. The lowest BCUT2D eigenvalue weighted by atomic mass is 10.0. The zero-order valence-electron chi connectivity index (χ0n) is 44.5. The highest BCUT2D eigenvalue weighted by Crippen LogP contribution is 2.17. The molecular weight excluding hydrogens is 817 g/mol. The second-order valence-electron chi connectivity index (χ2n) is 19.9. The van der Waals surface area contributed by atoms with Crippen molar-refractivity contribution in [3.63, 3.8) is 0 Å². The fourth-order valence-electron chi connectivity index (χ4n) is 8.77. The minimum atomic E-state index is -0.766. The molecule has 6 nitrogen and oxygen atoms in total. The van der Waals surface area contributed by atoms with Crippen LogP contribution in [0.15, 0.2) is 24.3 Å². The molecule has 0 aliphatic rings. The maximum atomic E-state index is 12.8. The van der Waals surface area contributed by atoms with Crippen LogP contribution in [0.4, 0.5) is 0 Å². The largest absolute Gasteiger partial charge is 0.462 e. The Morgan fingerprint density at radius 2 is 0.545 bits per heavy atom. The average Bonchev–Trinajstić information content (AvgIpc) is 3.31. The van der Waals surface area contributed by atoms with E-state index in [0.717, 1.165) is 64.2 Å². The smallest absolute Gasteiger partial charge is 0.306 e. The molecule has 0 heterocycles. The Bertz CT molecular complexity index is 1070. The van der Waals surface area contributed by atoms with Crippen molar-refractivity contribution in [2.45, 2.75) is 329 Å². The number of carbonyl (C=O) groups excluding carboxylic acids is 3. The molecule has 1 unspecified atom stereocenters. The Morgan fingerprint density at radius 3 is 0.833 bits per heavy atom. The molecule has 0 aromatic carbocycles. The number of rotatable bonds is 54. The molecule has 388 valence electrons. The zero-order valence-corrected chi connectivity index (χ0v) is 44.5. The van der Waals surface area contributed by atoms with Crippen molar-refractivity contribution in [1.82, 2.24) is 0 Å². The lowest BCUT2D eigenvalue weighted by Gasteiger charge is -2.18. The predicted molar refractivity (Wildman–Crippen MR) is 284 cm³/mol. The monoisotopic (exact) mass is 929 g/mol. The third kappa shape index (κ3) is 52.9. The van der Waals surface area contributed by atoms with E-state index < -0.39 is 6.10 Å². The predicted octanol–water partition coefficient (Wildman–Crippen LogP) is 19.5. The number of carbonyl (C=O) groups is 3. The summed E-state index contributed by atoms with van der Waals surface area (Å²) < 4.78 is 16.8. The average molecular weight is 930 g/mol. The van der Waals surface area contributed by atoms with Gasteiger partial charge < -0.3 is 14.2 Å². The first kappa shape index (κ1) is 63.9. The number of unbranched alkanes of at least 4 members (excludes halogenated alkanes) is 39. The molecule has 6 heteroatoms. The normalized spacial score (nSPS) is 12.1. The number of hydrogen-bond acceptors (Lipinski definition) is 6. The first-order valence-electron chi connectivity index (χ1n) is 29.3. The van der Waals surface area contributed by atoms with Crippen LogP contribution in [0.1, 0.15) is 323 Å². The van der Waals surface area contributed by atoms with Crippen LogP contribution in [0.5, 0.6) is 0 Å². The van der Waals surface area contributed by atoms with Crippen molar-refractivity contribution < 1.29 is 28.6 Å². The van der Waals surface area contributed by atoms with E-state index in [4.69, 9.17) is 14.2 Å². The van der Waals surface area contributed by atoms with E-state index in [-0.39, 0.29) is 31.1 Å². The van der Waals surface area contributed by atoms with Gasteiger partial charge in [-0.2, -0.15) is 0 Å². The van der Waals surface area contributed by atoms with Crippen LogP contribution >= 0.6 is 0 Å². The van der Waals surface area contributed by atoms with E-state index in [1.807, 2.05) is 0 Å². The quantitative estimate of drug-likeness (QED) is 0.0262. The summed E-state index contributed by atoms with van der Waals surface area (Å²) in [4.78, 5) is 37.9. The first-order valence-corrected chi connectivity index (χ1v) is 29.3. The second-order valence-corrected chi connectivity index (χ2v) is 19.9. The number of hydrogen-bond donors (Lipinski definition) is 0. The Kier molecular flexibility index (Phi) is 53.7. The Morgan fingerprint density at radius 1 is 0.303 bits per heavy atom. The molecule has 0 saturated carbocycles. The van der Waals surface area contributed by atoms with Crippen LogP contribution in [0.25, 0.3) is 0 Å². The maximum Gasteiger partial charge on any atom is 0.306 e. The van der Waals surface area contributed by atoms with E-state index >= 15 is 0 Å². The summed E-state index contributed by atoms with van der Waals surface area (Å²) in [7, 11) is 0. The fraction of sp³-hybridized carbons (Fsp3) is 0.883. The molecule has 0 fully saturated rings. The van der Waals surface area contributed by atoms with E-state index in [1.54, 1.807) is 0 Å². The van der Waals surface area contributed by atoms with Crippen molar-refractivity contribution in [3.05, 3.63) is 24.3 Å². The molecule has 0 aliphatic carbocycles. The van der Waals surface area contributed by atoms with Crippen LogP contribution in [0, 0.1) is 0 Å². The molecule has 66 heavy (non-hydrogen) atoms. The van der Waals surface area contributed by atoms with Gasteiger partial charge in [-0.05, 0) is 51.4 Å². The molecule has 0 saturated heterocycles. The van der Waals surface area contributed by atoms with Gasteiger partial charge in [-0.3, -0.25) is 14.4 Å². The summed E-state index contributed by atoms with van der Waals surface area (Å²) in [6.07, 6.45) is 64.9. The van der Waals surface area contributed by atoms with Crippen LogP contribution in [-0.2, 0) is 28.6 Å². The molecule has 0 aromatic heterocycles. The SMILES string of the molecule is CCCCCCC/C=C\C/C=C\CCCCCCCCCCCC(=O)OCC(COC(=O)CCCCCCCC)OC(=O)CCCCCCCCCCCCCCCCCCCCCCC.